The number of nitrogens with one attached hydrogen (secondary N) is 1. The van der Waals surface area contributed by atoms with Crippen molar-refractivity contribution in [2.24, 2.45) is 0 Å². The second kappa shape index (κ2) is 5.66. The van der Waals surface area contributed by atoms with E-state index in [2.05, 4.69) is 27.2 Å². The molecule has 1 N–H and O–H groups in total. The zero-order valence-corrected chi connectivity index (χ0v) is 13.1. The summed E-state index contributed by atoms with van der Waals surface area (Å²) in [4.78, 5) is 13.4. The molecule has 0 spiro atoms. The topological polar surface area (TPSA) is 50.7 Å². The minimum Gasteiger partial charge on any atom is -0.360 e. The molecule has 6 heteroatoms. The lowest BCUT2D eigenvalue weighted by Crippen LogP contribution is -2.13. The highest BCUT2D eigenvalue weighted by Crippen LogP contribution is 2.40. The highest BCUT2D eigenvalue weighted by Gasteiger charge is 2.28. The average molecular weight is 309 g/mol. The number of hydrogen-bond acceptors (Lipinski definition) is 5. The van der Waals surface area contributed by atoms with Gasteiger partial charge in [0.1, 0.15) is 21.8 Å². The molecule has 2 aromatic heterocycles. The fraction of sp³-hybridized carbons (Fsp3) is 0.500. The van der Waals surface area contributed by atoms with Gasteiger partial charge in [-0.15, -0.1) is 11.3 Å². The van der Waals surface area contributed by atoms with E-state index in [9.17, 15) is 0 Å². The van der Waals surface area contributed by atoms with Crippen LogP contribution in [0.5, 0.6) is 0 Å². The summed E-state index contributed by atoms with van der Waals surface area (Å²) in [6.45, 7) is 4.09. The summed E-state index contributed by atoms with van der Waals surface area (Å²) in [5.41, 5.74) is 0.908. The lowest BCUT2D eigenvalue weighted by molar-refractivity contribution is 0.732. The molecular formula is C14H17ClN4S. The first-order chi connectivity index (χ1) is 9.69. The maximum absolute atomic E-state index is 6.24. The quantitative estimate of drug-likeness (QED) is 0.835. The van der Waals surface area contributed by atoms with Crippen LogP contribution in [-0.2, 0) is 0 Å². The zero-order chi connectivity index (χ0) is 14.1. The molecule has 106 valence electrons. The highest BCUT2D eigenvalue weighted by atomic mass is 35.5. The van der Waals surface area contributed by atoms with Gasteiger partial charge in [-0.05, 0) is 26.2 Å². The Morgan fingerprint density at radius 1 is 1.45 bits per heavy atom. The van der Waals surface area contributed by atoms with Gasteiger partial charge in [-0.25, -0.2) is 15.0 Å². The Hall–Kier alpha value is -1.20. The fourth-order valence-corrected chi connectivity index (χ4v) is 3.03. The highest BCUT2D eigenvalue weighted by molar-refractivity contribution is 7.09. The lowest BCUT2D eigenvalue weighted by Gasteiger charge is -2.17. The Morgan fingerprint density at radius 3 is 2.85 bits per heavy atom. The van der Waals surface area contributed by atoms with Crippen molar-refractivity contribution in [1.82, 2.24) is 15.0 Å². The number of hydrogen-bond donors (Lipinski definition) is 1. The van der Waals surface area contributed by atoms with Crippen molar-refractivity contribution >= 4 is 28.8 Å². The van der Waals surface area contributed by atoms with Crippen LogP contribution in [0.1, 0.15) is 54.5 Å². The molecule has 0 radical (unpaired) electrons. The minimum absolute atomic E-state index is 0.173. The molecule has 0 aliphatic heterocycles. The molecule has 0 bridgehead atoms. The molecule has 1 unspecified atom stereocenters. The van der Waals surface area contributed by atoms with Crippen LogP contribution < -0.4 is 5.32 Å². The van der Waals surface area contributed by atoms with Gasteiger partial charge < -0.3 is 5.32 Å². The van der Waals surface area contributed by atoms with Crippen molar-refractivity contribution in [1.29, 1.82) is 0 Å². The number of aromatic nitrogens is 3. The molecule has 3 rings (SSSR count). The van der Waals surface area contributed by atoms with Gasteiger partial charge in [-0.2, -0.15) is 0 Å². The van der Waals surface area contributed by atoms with E-state index in [0.717, 1.165) is 28.6 Å². The molecule has 4 nitrogen and oxygen atoms in total. The van der Waals surface area contributed by atoms with Gasteiger partial charge in [0.05, 0.1) is 6.04 Å². The number of halogens is 1. The summed E-state index contributed by atoms with van der Waals surface area (Å²) in [7, 11) is 0. The fourth-order valence-electron chi connectivity index (χ4n) is 2.08. The molecule has 0 aromatic carbocycles. The van der Waals surface area contributed by atoms with E-state index in [1.54, 1.807) is 11.3 Å². The number of nitrogens with zero attached hydrogens (tertiary/aromatic N) is 3. The summed E-state index contributed by atoms with van der Waals surface area (Å²) in [5.74, 6) is 2.21. The Labute approximate surface area is 127 Å². The lowest BCUT2D eigenvalue weighted by atomic mass is 10.2. The second-order valence-corrected chi connectivity index (χ2v) is 6.38. The van der Waals surface area contributed by atoms with Crippen molar-refractivity contribution in [3.8, 4) is 0 Å². The predicted molar refractivity (Wildman–Crippen MR) is 82.5 cm³/mol. The monoisotopic (exact) mass is 308 g/mol. The Bertz CT molecular complexity index is 595. The molecule has 0 amide bonds. The Balaban J connectivity index is 1.89. The third-order valence-corrected chi connectivity index (χ3v) is 4.77. The average Bonchev–Trinajstić information content (AvgIpc) is 3.16. The van der Waals surface area contributed by atoms with Gasteiger partial charge in [-0.1, -0.05) is 18.5 Å². The van der Waals surface area contributed by atoms with Gasteiger partial charge in [0.25, 0.3) is 0 Å². The summed E-state index contributed by atoms with van der Waals surface area (Å²) in [5, 5.41) is 7.10. The van der Waals surface area contributed by atoms with Gasteiger partial charge in [0.2, 0.25) is 0 Å². The van der Waals surface area contributed by atoms with E-state index in [1.807, 2.05) is 18.5 Å². The second-order valence-electron chi connectivity index (χ2n) is 5.10. The van der Waals surface area contributed by atoms with E-state index >= 15 is 0 Å². The molecule has 20 heavy (non-hydrogen) atoms. The van der Waals surface area contributed by atoms with E-state index in [1.165, 1.54) is 12.8 Å². The number of thiazole rings is 1. The van der Waals surface area contributed by atoms with E-state index < -0.39 is 0 Å². The van der Waals surface area contributed by atoms with Crippen molar-refractivity contribution < 1.29 is 0 Å². The van der Waals surface area contributed by atoms with E-state index in [4.69, 9.17) is 11.6 Å². The van der Waals surface area contributed by atoms with Gasteiger partial charge >= 0.3 is 0 Å². The summed E-state index contributed by atoms with van der Waals surface area (Å²) < 4.78 is 0. The number of anilines is 1. The van der Waals surface area contributed by atoms with Crippen molar-refractivity contribution in [3.63, 3.8) is 0 Å². The molecule has 1 fully saturated rings. The van der Waals surface area contributed by atoms with Crippen LogP contribution >= 0.6 is 22.9 Å². The third kappa shape index (κ3) is 2.79. The van der Waals surface area contributed by atoms with Gasteiger partial charge in [0.15, 0.2) is 0 Å². The van der Waals surface area contributed by atoms with Crippen LogP contribution in [0.2, 0.25) is 5.15 Å². The van der Waals surface area contributed by atoms with Crippen LogP contribution in [0.25, 0.3) is 0 Å². The summed E-state index contributed by atoms with van der Waals surface area (Å²) in [6, 6.07) is 0.173. The van der Waals surface area contributed by atoms with Crippen molar-refractivity contribution in [3.05, 3.63) is 33.1 Å². The maximum atomic E-state index is 6.24. The van der Waals surface area contributed by atoms with Crippen LogP contribution in [-0.4, -0.2) is 15.0 Å². The predicted octanol–water partition coefficient (Wildman–Crippen LogP) is 4.34. The third-order valence-electron chi connectivity index (χ3n) is 3.51. The largest absolute Gasteiger partial charge is 0.360 e. The van der Waals surface area contributed by atoms with Gasteiger partial charge in [-0.3, -0.25) is 0 Å². The standard InChI is InChI=1S/C14H17ClN4S/c1-3-10(14-16-6-7-20-14)17-12-8(2)11(15)18-13(19-12)9-4-5-9/h6-7,9-10H,3-5H2,1-2H3,(H,17,18,19). The SMILES string of the molecule is CCC(Nc1nc(C2CC2)nc(Cl)c1C)c1nccs1. The van der Waals surface area contributed by atoms with E-state index in [-0.39, 0.29) is 6.04 Å². The molecule has 0 saturated heterocycles. The molecule has 2 heterocycles. The molecule has 1 aliphatic rings. The zero-order valence-electron chi connectivity index (χ0n) is 11.6. The Morgan fingerprint density at radius 2 is 2.25 bits per heavy atom. The maximum Gasteiger partial charge on any atom is 0.137 e. The number of rotatable bonds is 5. The van der Waals surface area contributed by atoms with Crippen LogP contribution in [0, 0.1) is 6.92 Å². The Kier molecular flexibility index (Phi) is 3.89. The molecule has 2 aromatic rings. The molecule has 1 aliphatic carbocycles. The summed E-state index contributed by atoms with van der Waals surface area (Å²) in [6.07, 6.45) is 5.12. The van der Waals surface area contributed by atoms with Crippen LogP contribution in [0.15, 0.2) is 11.6 Å². The summed E-state index contributed by atoms with van der Waals surface area (Å²) >= 11 is 7.90. The smallest absolute Gasteiger partial charge is 0.137 e. The molecular weight excluding hydrogens is 292 g/mol. The van der Waals surface area contributed by atoms with Crippen LogP contribution in [0.4, 0.5) is 5.82 Å². The van der Waals surface area contributed by atoms with E-state index in [0.29, 0.717) is 11.1 Å². The van der Waals surface area contributed by atoms with Crippen molar-refractivity contribution in [2.45, 2.75) is 45.1 Å². The minimum atomic E-state index is 0.173. The van der Waals surface area contributed by atoms with Crippen LogP contribution in [0.3, 0.4) is 0 Å². The first-order valence-corrected chi connectivity index (χ1v) is 8.14. The van der Waals surface area contributed by atoms with Crippen molar-refractivity contribution in [2.75, 3.05) is 5.32 Å². The first-order valence-electron chi connectivity index (χ1n) is 6.89. The molecule has 1 atom stereocenters. The first kappa shape index (κ1) is 13.8. The normalized spacial score (nSPS) is 16.1. The molecule has 1 saturated carbocycles. The van der Waals surface area contributed by atoms with Gasteiger partial charge in [0, 0.05) is 23.1 Å².